The molecular weight excluding hydrogens is 332 g/mol. The standard InChI is InChI=1S/C23H22N4/c1-26-11-13-27(14-12-26)22-9-10-25-23(16-22)21-4-2-3-20(15-21)19-7-5-18(17-24)6-8-19/h2-10,15-16H,11-14H2,1H3. The van der Waals surface area contributed by atoms with E-state index in [2.05, 4.69) is 64.3 Å². The first kappa shape index (κ1) is 17.3. The number of nitrogens with zero attached hydrogens (tertiary/aromatic N) is 4. The topological polar surface area (TPSA) is 43.2 Å². The van der Waals surface area contributed by atoms with Gasteiger partial charge in [0.25, 0.3) is 0 Å². The Labute approximate surface area is 160 Å². The monoisotopic (exact) mass is 354 g/mol. The number of hydrogen-bond acceptors (Lipinski definition) is 4. The van der Waals surface area contributed by atoms with Gasteiger partial charge in [0, 0.05) is 43.6 Å². The molecule has 1 aliphatic rings. The van der Waals surface area contributed by atoms with Gasteiger partial charge >= 0.3 is 0 Å². The van der Waals surface area contributed by atoms with Crippen LogP contribution in [-0.2, 0) is 0 Å². The molecule has 0 amide bonds. The third-order valence-electron chi connectivity index (χ3n) is 5.12. The summed E-state index contributed by atoms with van der Waals surface area (Å²) in [5, 5.41) is 8.97. The molecule has 1 saturated heterocycles. The van der Waals surface area contributed by atoms with Gasteiger partial charge in [-0.2, -0.15) is 5.26 Å². The number of pyridine rings is 1. The van der Waals surface area contributed by atoms with Crippen molar-refractivity contribution < 1.29 is 0 Å². The first-order chi connectivity index (χ1) is 13.2. The van der Waals surface area contributed by atoms with Crippen molar-refractivity contribution >= 4 is 5.69 Å². The maximum atomic E-state index is 8.97. The highest BCUT2D eigenvalue weighted by Gasteiger charge is 2.15. The minimum absolute atomic E-state index is 0.677. The molecule has 0 bridgehead atoms. The van der Waals surface area contributed by atoms with E-state index >= 15 is 0 Å². The Morgan fingerprint density at radius 1 is 0.852 bits per heavy atom. The van der Waals surface area contributed by atoms with E-state index in [0.29, 0.717) is 5.56 Å². The summed E-state index contributed by atoms with van der Waals surface area (Å²) in [6, 6.07) is 22.6. The second-order valence-electron chi connectivity index (χ2n) is 6.96. The summed E-state index contributed by atoms with van der Waals surface area (Å²) in [6.07, 6.45) is 1.90. The maximum Gasteiger partial charge on any atom is 0.0991 e. The highest BCUT2D eigenvalue weighted by molar-refractivity contribution is 5.73. The van der Waals surface area contributed by atoms with Gasteiger partial charge in [0.05, 0.1) is 17.3 Å². The van der Waals surface area contributed by atoms with Gasteiger partial charge in [-0.3, -0.25) is 4.98 Å². The zero-order valence-electron chi connectivity index (χ0n) is 15.5. The summed E-state index contributed by atoms with van der Waals surface area (Å²) >= 11 is 0. The summed E-state index contributed by atoms with van der Waals surface area (Å²) in [7, 11) is 2.17. The lowest BCUT2D eigenvalue weighted by atomic mass is 10.0. The van der Waals surface area contributed by atoms with Crippen molar-refractivity contribution in [3.8, 4) is 28.5 Å². The van der Waals surface area contributed by atoms with Crippen LogP contribution in [-0.4, -0.2) is 43.1 Å². The van der Waals surface area contributed by atoms with E-state index < -0.39 is 0 Å². The van der Waals surface area contributed by atoms with Crippen LogP contribution in [0.3, 0.4) is 0 Å². The fraction of sp³-hybridized carbons (Fsp3) is 0.217. The van der Waals surface area contributed by atoms with E-state index in [-0.39, 0.29) is 0 Å². The van der Waals surface area contributed by atoms with Crippen LogP contribution in [0.25, 0.3) is 22.4 Å². The summed E-state index contributed by atoms with van der Waals surface area (Å²) in [4.78, 5) is 9.39. The molecule has 2 heterocycles. The Kier molecular flexibility index (Phi) is 4.86. The van der Waals surface area contributed by atoms with Crippen LogP contribution >= 0.6 is 0 Å². The molecule has 0 N–H and O–H groups in total. The zero-order chi connectivity index (χ0) is 18.6. The molecular formula is C23H22N4. The molecule has 1 aromatic heterocycles. The van der Waals surface area contributed by atoms with Crippen molar-refractivity contribution in [2.24, 2.45) is 0 Å². The van der Waals surface area contributed by atoms with Crippen LogP contribution in [0.15, 0.2) is 66.9 Å². The molecule has 4 nitrogen and oxygen atoms in total. The van der Waals surface area contributed by atoms with Gasteiger partial charge in [-0.25, -0.2) is 0 Å². The number of likely N-dealkylation sites (N-methyl/N-ethyl adjacent to an activating group) is 1. The number of nitriles is 1. The van der Waals surface area contributed by atoms with Crippen LogP contribution in [0.5, 0.6) is 0 Å². The van der Waals surface area contributed by atoms with Gasteiger partial charge in [0.2, 0.25) is 0 Å². The van der Waals surface area contributed by atoms with Gasteiger partial charge in [-0.15, -0.1) is 0 Å². The van der Waals surface area contributed by atoms with Gasteiger partial charge in [-0.05, 0) is 48.5 Å². The number of piperazine rings is 1. The maximum absolute atomic E-state index is 8.97. The quantitative estimate of drug-likeness (QED) is 0.712. The molecule has 0 radical (unpaired) electrons. The molecule has 1 fully saturated rings. The summed E-state index contributed by atoms with van der Waals surface area (Å²) in [5.41, 5.74) is 6.23. The Morgan fingerprint density at radius 2 is 1.59 bits per heavy atom. The highest BCUT2D eigenvalue weighted by atomic mass is 15.2. The van der Waals surface area contributed by atoms with E-state index in [9.17, 15) is 0 Å². The lowest BCUT2D eigenvalue weighted by molar-refractivity contribution is 0.313. The number of aromatic nitrogens is 1. The third kappa shape index (κ3) is 3.84. The lowest BCUT2D eigenvalue weighted by Crippen LogP contribution is -2.44. The fourth-order valence-electron chi connectivity index (χ4n) is 3.43. The average Bonchev–Trinajstić information content (AvgIpc) is 2.74. The molecule has 2 aromatic carbocycles. The van der Waals surface area contributed by atoms with Crippen LogP contribution in [0.4, 0.5) is 5.69 Å². The molecule has 0 aliphatic carbocycles. The Bertz CT molecular complexity index is 964. The first-order valence-corrected chi connectivity index (χ1v) is 9.23. The van der Waals surface area contributed by atoms with E-state index in [1.54, 1.807) is 0 Å². The molecule has 4 heteroatoms. The summed E-state index contributed by atoms with van der Waals surface area (Å²) in [5.74, 6) is 0. The second-order valence-corrected chi connectivity index (χ2v) is 6.96. The molecule has 3 aromatic rings. The normalized spacial score (nSPS) is 14.7. The van der Waals surface area contributed by atoms with Crippen molar-refractivity contribution in [3.63, 3.8) is 0 Å². The van der Waals surface area contributed by atoms with Gasteiger partial charge in [0.15, 0.2) is 0 Å². The molecule has 1 aliphatic heterocycles. The number of benzene rings is 2. The summed E-state index contributed by atoms with van der Waals surface area (Å²) in [6.45, 7) is 4.27. The van der Waals surface area contributed by atoms with Crippen LogP contribution in [0, 0.1) is 11.3 Å². The lowest BCUT2D eigenvalue weighted by Gasteiger charge is -2.34. The number of anilines is 1. The zero-order valence-corrected chi connectivity index (χ0v) is 15.5. The van der Waals surface area contributed by atoms with Crippen LogP contribution in [0.2, 0.25) is 0 Å². The largest absolute Gasteiger partial charge is 0.369 e. The second kappa shape index (κ2) is 7.61. The SMILES string of the molecule is CN1CCN(c2ccnc(-c3cccc(-c4ccc(C#N)cc4)c3)c2)CC1. The van der Waals surface area contributed by atoms with E-state index in [0.717, 1.165) is 48.6 Å². The number of rotatable bonds is 3. The molecule has 0 spiro atoms. The fourth-order valence-corrected chi connectivity index (χ4v) is 3.43. The van der Waals surface area contributed by atoms with Crippen molar-refractivity contribution in [1.29, 1.82) is 5.26 Å². The predicted molar refractivity (Wildman–Crippen MR) is 110 cm³/mol. The first-order valence-electron chi connectivity index (χ1n) is 9.23. The molecule has 27 heavy (non-hydrogen) atoms. The predicted octanol–water partition coefficient (Wildman–Crippen LogP) is 4.04. The molecule has 0 saturated carbocycles. The molecule has 4 rings (SSSR count). The van der Waals surface area contributed by atoms with Crippen LogP contribution in [0.1, 0.15) is 5.56 Å². The Balaban J connectivity index is 1.62. The summed E-state index contributed by atoms with van der Waals surface area (Å²) < 4.78 is 0. The van der Waals surface area contributed by atoms with Crippen molar-refractivity contribution in [3.05, 3.63) is 72.4 Å². The Hall–Kier alpha value is -3.16. The molecule has 0 atom stereocenters. The smallest absolute Gasteiger partial charge is 0.0991 e. The van der Waals surface area contributed by atoms with Gasteiger partial charge in [-0.1, -0.05) is 30.3 Å². The minimum Gasteiger partial charge on any atom is -0.369 e. The van der Waals surface area contributed by atoms with E-state index in [4.69, 9.17) is 5.26 Å². The van der Waals surface area contributed by atoms with Crippen molar-refractivity contribution in [2.45, 2.75) is 0 Å². The average molecular weight is 354 g/mol. The molecule has 134 valence electrons. The third-order valence-corrected chi connectivity index (χ3v) is 5.12. The van der Waals surface area contributed by atoms with E-state index in [1.807, 2.05) is 30.5 Å². The Morgan fingerprint density at radius 3 is 2.33 bits per heavy atom. The minimum atomic E-state index is 0.677. The van der Waals surface area contributed by atoms with Gasteiger partial charge in [0.1, 0.15) is 0 Å². The van der Waals surface area contributed by atoms with Crippen molar-refractivity contribution in [1.82, 2.24) is 9.88 Å². The highest BCUT2D eigenvalue weighted by Crippen LogP contribution is 2.28. The van der Waals surface area contributed by atoms with Gasteiger partial charge < -0.3 is 9.80 Å². The van der Waals surface area contributed by atoms with Crippen molar-refractivity contribution in [2.75, 3.05) is 38.1 Å². The van der Waals surface area contributed by atoms with E-state index in [1.165, 1.54) is 5.69 Å². The number of hydrogen-bond donors (Lipinski definition) is 0. The molecule has 0 unspecified atom stereocenters. The van der Waals surface area contributed by atoms with Crippen LogP contribution < -0.4 is 4.90 Å².